The third kappa shape index (κ3) is 4.44. The van der Waals surface area contributed by atoms with Gasteiger partial charge in [0.05, 0.1) is 41.1 Å². The molecule has 1 atom stereocenters. The Kier molecular flexibility index (Phi) is 7.69. The molecule has 0 N–H and O–H groups in total. The third-order valence-electron chi connectivity index (χ3n) is 6.01. The van der Waals surface area contributed by atoms with Crippen LogP contribution in [-0.2, 0) is 4.57 Å². The Morgan fingerprint density at radius 1 is 0.727 bits per heavy atom. The number of hydrogen-bond donors (Lipinski definition) is 0. The van der Waals surface area contributed by atoms with Crippen LogP contribution in [0.5, 0.6) is 28.7 Å². The van der Waals surface area contributed by atoms with Gasteiger partial charge < -0.3 is 28.2 Å². The fourth-order valence-corrected chi connectivity index (χ4v) is 7.26. The zero-order chi connectivity index (χ0) is 24.2. The van der Waals surface area contributed by atoms with Gasteiger partial charge in [0.15, 0.2) is 0 Å². The molecule has 2 aromatic rings. The van der Waals surface area contributed by atoms with Crippen LogP contribution in [0.3, 0.4) is 0 Å². The van der Waals surface area contributed by atoms with Crippen LogP contribution in [0.15, 0.2) is 30.3 Å². The van der Waals surface area contributed by atoms with Crippen molar-refractivity contribution < 1.29 is 37.8 Å². The van der Waals surface area contributed by atoms with Crippen LogP contribution in [0, 0.1) is 0 Å². The lowest BCUT2D eigenvalue weighted by atomic mass is 10.2. The van der Waals surface area contributed by atoms with Crippen molar-refractivity contribution in [2.75, 3.05) is 35.5 Å². The molecule has 9 heteroatoms. The second-order valence-corrected chi connectivity index (χ2v) is 10.5. The smallest absolute Gasteiger partial charge is 0.236 e. The van der Waals surface area contributed by atoms with Gasteiger partial charge in [0.1, 0.15) is 34.3 Å². The predicted octanol–water partition coefficient (Wildman–Crippen LogP) is 5.02. The Balaban J connectivity index is 2.21. The summed E-state index contributed by atoms with van der Waals surface area (Å²) in [5, 5.41) is 0. The summed E-state index contributed by atoms with van der Waals surface area (Å²) in [6.07, 6.45) is 2.64. The number of carbonyl (C=O) groups is 2. The SMILES string of the molecule is COc1ccc(C(=O)P(=O)(C(=O)c2c(OC)cc(OC)cc2OC)C2CCCC2)c(OC)c1. The summed E-state index contributed by atoms with van der Waals surface area (Å²) >= 11 is 0. The average Bonchev–Trinajstić information content (AvgIpc) is 3.41. The molecule has 33 heavy (non-hydrogen) atoms. The van der Waals surface area contributed by atoms with Gasteiger partial charge in [0.25, 0.3) is 0 Å². The van der Waals surface area contributed by atoms with E-state index in [9.17, 15) is 14.2 Å². The molecule has 2 aromatic carbocycles. The zero-order valence-corrected chi connectivity index (χ0v) is 20.4. The summed E-state index contributed by atoms with van der Waals surface area (Å²) in [5.41, 5.74) is -2.04. The maximum atomic E-state index is 14.6. The van der Waals surface area contributed by atoms with Gasteiger partial charge >= 0.3 is 0 Å². The third-order valence-corrected chi connectivity index (χ3v) is 9.23. The molecule has 1 saturated carbocycles. The Morgan fingerprint density at radius 3 is 1.73 bits per heavy atom. The highest BCUT2D eigenvalue weighted by Crippen LogP contribution is 2.63. The number of ether oxygens (including phenoxy) is 5. The van der Waals surface area contributed by atoms with Crippen LogP contribution in [0.25, 0.3) is 0 Å². The van der Waals surface area contributed by atoms with Crippen molar-refractivity contribution in [3.8, 4) is 28.7 Å². The van der Waals surface area contributed by atoms with Crippen molar-refractivity contribution in [2.24, 2.45) is 0 Å². The van der Waals surface area contributed by atoms with E-state index < -0.39 is 23.8 Å². The number of carbonyl (C=O) groups excluding carboxylic acids is 2. The lowest BCUT2D eigenvalue weighted by Crippen LogP contribution is -2.21. The maximum Gasteiger partial charge on any atom is 0.236 e. The van der Waals surface area contributed by atoms with Gasteiger partial charge in [-0.3, -0.25) is 9.59 Å². The van der Waals surface area contributed by atoms with Crippen LogP contribution in [-0.4, -0.2) is 52.3 Å². The van der Waals surface area contributed by atoms with E-state index in [2.05, 4.69) is 0 Å². The number of hydrogen-bond acceptors (Lipinski definition) is 8. The quantitative estimate of drug-likeness (QED) is 0.441. The summed E-state index contributed by atoms with van der Waals surface area (Å²) in [4.78, 5) is 27.9. The van der Waals surface area contributed by atoms with Gasteiger partial charge in [-0.25, -0.2) is 0 Å². The van der Waals surface area contributed by atoms with Crippen molar-refractivity contribution in [2.45, 2.75) is 31.3 Å². The van der Waals surface area contributed by atoms with E-state index in [1.54, 1.807) is 6.07 Å². The molecule has 0 radical (unpaired) electrons. The summed E-state index contributed by atoms with van der Waals surface area (Å²) in [7, 11) is 2.99. The molecule has 178 valence electrons. The monoisotopic (exact) mass is 476 g/mol. The van der Waals surface area contributed by atoms with E-state index in [1.807, 2.05) is 0 Å². The highest BCUT2D eigenvalue weighted by Gasteiger charge is 2.50. The first kappa shape index (κ1) is 24.6. The van der Waals surface area contributed by atoms with Crippen LogP contribution < -0.4 is 23.7 Å². The summed E-state index contributed by atoms with van der Waals surface area (Å²) in [5.74, 6) is 1.33. The van der Waals surface area contributed by atoms with E-state index in [0.717, 1.165) is 12.8 Å². The molecule has 1 unspecified atom stereocenters. The van der Waals surface area contributed by atoms with Gasteiger partial charge in [-0.1, -0.05) is 12.8 Å². The largest absolute Gasteiger partial charge is 0.497 e. The van der Waals surface area contributed by atoms with Crippen molar-refractivity contribution in [3.63, 3.8) is 0 Å². The van der Waals surface area contributed by atoms with Crippen molar-refractivity contribution in [1.82, 2.24) is 0 Å². The molecule has 8 nitrogen and oxygen atoms in total. The Hall–Kier alpha value is -2.99. The molecule has 0 aromatic heterocycles. The van der Waals surface area contributed by atoms with E-state index in [-0.39, 0.29) is 28.4 Å². The normalized spacial score (nSPS) is 15.4. The summed E-state index contributed by atoms with van der Waals surface area (Å²) in [6.45, 7) is 0. The second kappa shape index (κ2) is 10.3. The van der Waals surface area contributed by atoms with E-state index in [4.69, 9.17) is 23.7 Å². The molecule has 0 bridgehead atoms. The predicted molar refractivity (Wildman–Crippen MR) is 124 cm³/mol. The van der Waals surface area contributed by atoms with Crippen LogP contribution in [0.4, 0.5) is 0 Å². The molecule has 1 aliphatic rings. The van der Waals surface area contributed by atoms with Crippen molar-refractivity contribution in [1.29, 1.82) is 0 Å². The first-order valence-corrected chi connectivity index (χ1v) is 12.3. The van der Waals surface area contributed by atoms with Gasteiger partial charge in [-0.2, -0.15) is 0 Å². The van der Waals surface area contributed by atoms with E-state index in [1.165, 1.54) is 59.8 Å². The Bertz CT molecular complexity index is 1060. The molecular formula is C24H29O8P. The number of benzene rings is 2. The summed E-state index contributed by atoms with van der Waals surface area (Å²) in [6, 6.07) is 7.61. The van der Waals surface area contributed by atoms with Gasteiger partial charge in [-0.05, 0) is 25.0 Å². The lowest BCUT2D eigenvalue weighted by Gasteiger charge is -2.24. The molecule has 0 aliphatic heterocycles. The van der Waals surface area contributed by atoms with Gasteiger partial charge in [0.2, 0.25) is 18.2 Å². The molecule has 1 aliphatic carbocycles. The van der Waals surface area contributed by atoms with E-state index >= 15 is 0 Å². The van der Waals surface area contributed by atoms with Gasteiger partial charge in [0, 0.05) is 23.9 Å². The van der Waals surface area contributed by atoms with Crippen molar-refractivity contribution >= 4 is 18.2 Å². The fraction of sp³-hybridized carbons (Fsp3) is 0.417. The Labute approximate surface area is 193 Å². The molecule has 3 rings (SSSR count). The lowest BCUT2D eigenvalue weighted by molar-refractivity contribution is 0.103. The molecule has 0 spiro atoms. The minimum atomic E-state index is -4.16. The van der Waals surface area contributed by atoms with Crippen LogP contribution in [0.2, 0.25) is 0 Å². The molecule has 0 saturated heterocycles. The van der Waals surface area contributed by atoms with Crippen LogP contribution >= 0.6 is 7.14 Å². The molecular weight excluding hydrogens is 447 g/mol. The highest BCUT2D eigenvalue weighted by atomic mass is 31.2. The first-order chi connectivity index (χ1) is 15.8. The molecule has 0 heterocycles. The first-order valence-electron chi connectivity index (χ1n) is 10.6. The summed E-state index contributed by atoms with van der Waals surface area (Å²) < 4.78 is 41.3. The Morgan fingerprint density at radius 2 is 1.24 bits per heavy atom. The number of methoxy groups -OCH3 is 5. The standard InChI is InChI=1S/C24H29O8P/c1-28-15-10-11-18(19(12-15)30-3)23(25)33(27,17-8-6-7-9-17)24(26)22-20(31-4)13-16(29-2)14-21(22)32-5/h10-14,17H,6-9H2,1-5H3. The minimum absolute atomic E-state index is 0.0307. The highest BCUT2D eigenvalue weighted by molar-refractivity contribution is 7.96. The van der Waals surface area contributed by atoms with Gasteiger partial charge in [-0.15, -0.1) is 0 Å². The minimum Gasteiger partial charge on any atom is -0.497 e. The topological polar surface area (TPSA) is 97.4 Å². The van der Waals surface area contributed by atoms with Crippen molar-refractivity contribution in [3.05, 3.63) is 41.5 Å². The van der Waals surface area contributed by atoms with E-state index in [0.29, 0.717) is 24.3 Å². The molecule has 0 amide bonds. The number of rotatable bonds is 10. The zero-order valence-electron chi connectivity index (χ0n) is 19.5. The van der Waals surface area contributed by atoms with Crippen LogP contribution in [0.1, 0.15) is 46.4 Å². The second-order valence-electron chi connectivity index (χ2n) is 7.68. The maximum absolute atomic E-state index is 14.6. The fourth-order valence-electron chi connectivity index (χ4n) is 4.23. The average molecular weight is 476 g/mol. The molecule has 1 fully saturated rings.